The van der Waals surface area contributed by atoms with Gasteiger partial charge in [0.1, 0.15) is 11.4 Å². The third-order valence-electron chi connectivity index (χ3n) is 2.81. The quantitative estimate of drug-likeness (QED) is 0.892. The van der Waals surface area contributed by atoms with Gasteiger partial charge in [-0.3, -0.25) is 0 Å². The maximum atomic E-state index is 14.0. The van der Waals surface area contributed by atoms with Crippen LogP contribution in [0.25, 0.3) is 0 Å². The third kappa shape index (κ3) is 2.26. The lowest BCUT2D eigenvalue weighted by Crippen LogP contribution is -2.24. The van der Waals surface area contributed by atoms with E-state index < -0.39 is 11.4 Å². The molecule has 0 saturated heterocycles. The highest BCUT2D eigenvalue weighted by Gasteiger charge is 2.29. The maximum absolute atomic E-state index is 14.0. The van der Waals surface area contributed by atoms with E-state index in [4.69, 9.17) is 0 Å². The Bertz CT molecular complexity index is 523. The molecular formula is C14H12BrFO. The van der Waals surface area contributed by atoms with E-state index in [1.807, 2.05) is 18.2 Å². The molecule has 0 fully saturated rings. The van der Waals surface area contributed by atoms with Gasteiger partial charge in [0.15, 0.2) is 0 Å². The molecule has 1 nitrogen and oxygen atoms in total. The van der Waals surface area contributed by atoms with Crippen LogP contribution in [-0.2, 0) is 5.60 Å². The lowest BCUT2D eigenvalue weighted by Gasteiger charge is -2.25. The van der Waals surface area contributed by atoms with Crippen LogP contribution in [0.1, 0.15) is 18.1 Å². The molecule has 2 aromatic carbocycles. The Labute approximate surface area is 108 Å². The minimum absolute atomic E-state index is 0.262. The molecule has 0 aromatic heterocycles. The Hall–Kier alpha value is -1.19. The van der Waals surface area contributed by atoms with Crippen molar-refractivity contribution in [1.82, 2.24) is 0 Å². The Morgan fingerprint density at radius 2 is 1.71 bits per heavy atom. The van der Waals surface area contributed by atoms with Crippen LogP contribution >= 0.6 is 15.9 Å². The molecule has 0 radical (unpaired) electrons. The van der Waals surface area contributed by atoms with E-state index >= 15 is 0 Å². The lowest BCUT2D eigenvalue weighted by molar-refractivity contribution is 0.0978. The summed E-state index contributed by atoms with van der Waals surface area (Å²) in [6.45, 7) is 1.59. The molecule has 1 N–H and O–H groups in total. The molecule has 17 heavy (non-hydrogen) atoms. The van der Waals surface area contributed by atoms with Gasteiger partial charge in [-0.2, -0.15) is 0 Å². The summed E-state index contributed by atoms with van der Waals surface area (Å²) in [6.07, 6.45) is 0. The highest BCUT2D eigenvalue weighted by molar-refractivity contribution is 9.10. The first-order valence-corrected chi connectivity index (χ1v) is 6.05. The van der Waals surface area contributed by atoms with Crippen molar-refractivity contribution in [2.45, 2.75) is 12.5 Å². The molecule has 0 aliphatic rings. The predicted octanol–water partition coefficient (Wildman–Crippen LogP) is 3.84. The molecule has 0 saturated carbocycles. The summed E-state index contributed by atoms with van der Waals surface area (Å²) in [6, 6.07) is 14.0. The first-order valence-electron chi connectivity index (χ1n) is 5.26. The van der Waals surface area contributed by atoms with E-state index in [0.717, 1.165) is 0 Å². The Morgan fingerprint density at radius 3 is 2.35 bits per heavy atom. The minimum Gasteiger partial charge on any atom is -0.381 e. The first-order chi connectivity index (χ1) is 8.03. The second-order valence-corrected chi connectivity index (χ2v) is 4.89. The minimum atomic E-state index is -1.34. The van der Waals surface area contributed by atoms with Crippen molar-refractivity contribution in [2.75, 3.05) is 0 Å². The number of hydrogen-bond acceptors (Lipinski definition) is 1. The van der Waals surface area contributed by atoms with Gasteiger partial charge in [0.25, 0.3) is 0 Å². The van der Waals surface area contributed by atoms with Crippen molar-refractivity contribution >= 4 is 15.9 Å². The van der Waals surface area contributed by atoms with Gasteiger partial charge in [0.2, 0.25) is 0 Å². The predicted molar refractivity (Wildman–Crippen MR) is 69.2 cm³/mol. The van der Waals surface area contributed by atoms with E-state index in [2.05, 4.69) is 15.9 Å². The van der Waals surface area contributed by atoms with E-state index in [9.17, 15) is 9.50 Å². The van der Waals surface area contributed by atoms with Crippen molar-refractivity contribution in [3.8, 4) is 0 Å². The zero-order valence-electron chi connectivity index (χ0n) is 9.32. The molecule has 0 aliphatic heterocycles. The zero-order chi connectivity index (χ0) is 12.5. The van der Waals surface area contributed by atoms with Crippen LogP contribution in [-0.4, -0.2) is 5.11 Å². The summed E-state index contributed by atoms with van der Waals surface area (Å²) in [4.78, 5) is 0. The normalized spacial score (nSPS) is 14.4. The smallest absolute Gasteiger partial charge is 0.143 e. The summed E-state index contributed by atoms with van der Waals surface area (Å²) in [5, 5.41) is 10.5. The van der Waals surface area contributed by atoms with Crippen LogP contribution in [0.4, 0.5) is 4.39 Å². The number of halogens is 2. The molecular weight excluding hydrogens is 283 g/mol. The van der Waals surface area contributed by atoms with Crippen LogP contribution in [0, 0.1) is 5.82 Å². The molecule has 0 aliphatic carbocycles. The number of aliphatic hydroxyl groups is 1. The van der Waals surface area contributed by atoms with Gasteiger partial charge in [-0.15, -0.1) is 0 Å². The summed E-state index contributed by atoms with van der Waals surface area (Å²) < 4.78 is 14.3. The lowest BCUT2D eigenvalue weighted by atomic mass is 9.88. The maximum Gasteiger partial charge on any atom is 0.143 e. The molecule has 1 atom stereocenters. The van der Waals surface area contributed by atoms with Gasteiger partial charge in [0, 0.05) is 5.56 Å². The molecule has 2 aromatic rings. The van der Waals surface area contributed by atoms with E-state index in [1.54, 1.807) is 37.3 Å². The van der Waals surface area contributed by atoms with Gasteiger partial charge in [-0.1, -0.05) is 42.5 Å². The number of rotatable bonds is 2. The molecule has 1 unspecified atom stereocenters. The average Bonchev–Trinajstić information content (AvgIpc) is 2.33. The number of hydrogen-bond donors (Lipinski definition) is 1. The number of benzene rings is 2. The van der Waals surface area contributed by atoms with Crippen LogP contribution in [0.2, 0.25) is 0 Å². The van der Waals surface area contributed by atoms with E-state index in [0.29, 0.717) is 10.0 Å². The fraction of sp³-hybridized carbons (Fsp3) is 0.143. The fourth-order valence-corrected chi connectivity index (χ4v) is 2.16. The van der Waals surface area contributed by atoms with Gasteiger partial charge in [0.05, 0.1) is 4.47 Å². The van der Waals surface area contributed by atoms with Crippen molar-refractivity contribution in [2.24, 2.45) is 0 Å². The largest absolute Gasteiger partial charge is 0.381 e. The molecule has 0 bridgehead atoms. The van der Waals surface area contributed by atoms with Crippen LogP contribution in [0.5, 0.6) is 0 Å². The van der Waals surface area contributed by atoms with Gasteiger partial charge < -0.3 is 5.11 Å². The molecule has 2 rings (SSSR count). The van der Waals surface area contributed by atoms with E-state index in [-0.39, 0.29) is 5.56 Å². The Balaban J connectivity index is 2.56. The van der Waals surface area contributed by atoms with Crippen LogP contribution < -0.4 is 0 Å². The third-order valence-corrected chi connectivity index (χ3v) is 3.42. The Morgan fingerprint density at radius 1 is 1.06 bits per heavy atom. The second kappa shape index (κ2) is 4.59. The van der Waals surface area contributed by atoms with Crippen molar-refractivity contribution < 1.29 is 9.50 Å². The van der Waals surface area contributed by atoms with Gasteiger partial charge in [-0.05, 0) is 34.5 Å². The van der Waals surface area contributed by atoms with Crippen LogP contribution in [0.15, 0.2) is 53.0 Å². The topological polar surface area (TPSA) is 20.2 Å². The average molecular weight is 295 g/mol. The monoisotopic (exact) mass is 294 g/mol. The van der Waals surface area contributed by atoms with Crippen molar-refractivity contribution in [3.05, 3.63) is 69.9 Å². The fourth-order valence-electron chi connectivity index (χ4n) is 1.80. The highest BCUT2D eigenvalue weighted by Crippen LogP contribution is 2.33. The summed E-state index contributed by atoms with van der Waals surface area (Å²) in [5.41, 5.74) is -0.412. The van der Waals surface area contributed by atoms with Crippen molar-refractivity contribution in [1.29, 1.82) is 0 Å². The van der Waals surface area contributed by atoms with Gasteiger partial charge in [-0.25, -0.2) is 4.39 Å². The molecule has 0 heterocycles. The molecule has 0 spiro atoms. The molecule has 3 heteroatoms. The van der Waals surface area contributed by atoms with E-state index in [1.165, 1.54) is 0 Å². The zero-order valence-corrected chi connectivity index (χ0v) is 10.9. The SMILES string of the molecule is CC(O)(c1ccccc1)c1cccc(Br)c1F. The summed E-state index contributed by atoms with van der Waals surface area (Å²) in [7, 11) is 0. The summed E-state index contributed by atoms with van der Waals surface area (Å²) >= 11 is 3.12. The highest BCUT2D eigenvalue weighted by atomic mass is 79.9. The van der Waals surface area contributed by atoms with Gasteiger partial charge >= 0.3 is 0 Å². The van der Waals surface area contributed by atoms with Crippen molar-refractivity contribution in [3.63, 3.8) is 0 Å². The standard InChI is InChI=1S/C14H12BrFO/c1-14(17,10-6-3-2-4-7-10)11-8-5-9-12(15)13(11)16/h2-9,17H,1H3. The van der Waals surface area contributed by atoms with Crippen LogP contribution in [0.3, 0.4) is 0 Å². The molecule has 88 valence electrons. The Kier molecular flexibility index (Phi) is 3.31. The molecule has 0 amide bonds. The summed E-state index contributed by atoms with van der Waals surface area (Å²) in [5.74, 6) is -0.429. The second-order valence-electron chi connectivity index (χ2n) is 4.04. The first kappa shape index (κ1) is 12.3.